The lowest BCUT2D eigenvalue weighted by atomic mass is 10.2. The van der Waals surface area contributed by atoms with E-state index < -0.39 is 34.3 Å². The molecule has 18 heavy (non-hydrogen) atoms. The summed E-state index contributed by atoms with van der Waals surface area (Å²) >= 11 is 0. The Balaban J connectivity index is 2.87. The van der Waals surface area contributed by atoms with Gasteiger partial charge in [-0.25, -0.2) is 14.6 Å². The first-order valence-electron chi connectivity index (χ1n) is 4.43. The average molecular weight is 283 g/mol. The number of guanidine groups is 1. The molecule has 0 aliphatic carbocycles. The Morgan fingerprint density at radius 3 is 2.44 bits per heavy atom. The second-order valence-corrected chi connectivity index (χ2v) is 4.10. The maximum absolute atomic E-state index is 11.3. The highest BCUT2D eigenvalue weighted by Gasteiger charge is 2.29. The number of hydrogen-bond acceptors (Lipinski definition) is 9. The maximum Gasteiger partial charge on any atom is 0.471 e. The van der Waals surface area contributed by atoms with Crippen molar-refractivity contribution < 1.29 is 36.4 Å². The van der Waals surface area contributed by atoms with Crippen molar-refractivity contribution in [3.05, 3.63) is 0 Å². The summed E-state index contributed by atoms with van der Waals surface area (Å²) in [6, 6.07) is -1.30. The summed E-state index contributed by atoms with van der Waals surface area (Å²) in [6.45, 7) is 0. The van der Waals surface area contributed by atoms with Crippen molar-refractivity contribution in [2.24, 2.45) is 16.5 Å². The molecule has 12 heteroatoms. The van der Waals surface area contributed by atoms with Gasteiger partial charge in [0.1, 0.15) is 0 Å². The summed E-state index contributed by atoms with van der Waals surface area (Å²) in [5.74, 6) is -2.69. The number of carbonyl (C=O) groups is 2. The summed E-state index contributed by atoms with van der Waals surface area (Å²) < 4.78 is 28.9. The first-order chi connectivity index (χ1) is 8.30. The van der Waals surface area contributed by atoms with Gasteiger partial charge in [0.05, 0.1) is 6.42 Å². The number of nitrogens with zero attached hydrogens (tertiary/aromatic N) is 1. The molecular formula is C6H9N3O8S. The largest absolute Gasteiger partial charge is 0.471 e. The minimum atomic E-state index is -4.80. The highest BCUT2D eigenvalue weighted by molar-refractivity contribution is 7.81. The average Bonchev–Trinajstić information content (AvgIpc) is 2.27. The molecule has 0 bridgehead atoms. The molecule has 4 N–H and O–H groups in total. The minimum Gasteiger partial charge on any atom is -0.370 e. The fourth-order valence-electron chi connectivity index (χ4n) is 0.933. The van der Waals surface area contributed by atoms with Gasteiger partial charge in [0.2, 0.25) is 0 Å². The van der Waals surface area contributed by atoms with Gasteiger partial charge in [0.25, 0.3) is 0 Å². The zero-order valence-corrected chi connectivity index (χ0v) is 9.58. The van der Waals surface area contributed by atoms with Gasteiger partial charge in [0.15, 0.2) is 12.0 Å². The van der Waals surface area contributed by atoms with Gasteiger partial charge in [-0.2, -0.15) is 8.42 Å². The normalized spacial score (nSPS) is 24.6. The molecular weight excluding hydrogens is 274 g/mol. The van der Waals surface area contributed by atoms with E-state index in [4.69, 9.17) is 11.5 Å². The fraction of sp³-hybridized carbons (Fsp3) is 0.500. The number of rotatable bonds is 1. The van der Waals surface area contributed by atoms with Crippen molar-refractivity contribution in [2.75, 3.05) is 0 Å². The molecule has 0 radical (unpaired) electrons. The molecule has 102 valence electrons. The van der Waals surface area contributed by atoms with Gasteiger partial charge in [-0.3, -0.25) is 9.78 Å². The first kappa shape index (κ1) is 14.1. The van der Waals surface area contributed by atoms with Crippen molar-refractivity contribution in [2.45, 2.75) is 18.9 Å². The Morgan fingerprint density at radius 1 is 1.22 bits per heavy atom. The van der Waals surface area contributed by atoms with Crippen LogP contribution in [0, 0.1) is 0 Å². The lowest BCUT2D eigenvalue weighted by Crippen LogP contribution is -2.32. The third-order valence-corrected chi connectivity index (χ3v) is 2.08. The quantitative estimate of drug-likeness (QED) is 0.300. The van der Waals surface area contributed by atoms with Crippen LogP contribution in [-0.2, 0) is 38.4 Å². The topological polar surface area (TPSA) is 170 Å². The molecule has 1 atom stereocenters. The van der Waals surface area contributed by atoms with E-state index in [0.29, 0.717) is 0 Å². The van der Waals surface area contributed by atoms with Crippen LogP contribution in [0.2, 0.25) is 0 Å². The summed E-state index contributed by atoms with van der Waals surface area (Å²) in [7, 11) is -4.80. The molecule has 0 aromatic carbocycles. The second-order valence-electron chi connectivity index (χ2n) is 3.01. The number of carbonyl (C=O) groups excluding carboxylic acids is 2. The molecule has 1 rings (SSSR count). The Kier molecular flexibility index (Phi) is 4.41. The van der Waals surface area contributed by atoms with E-state index in [0.717, 1.165) is 0 Å². The second kappa shape index (κ2) is 5.61. The minimum absolute atomic E-state index is 0.178. The van der Waals surface area contributed by atoms with Crippen LogP contribution >= 0.6 is 0 Å². The summed E-state index contributed by atoms with van der Waals surface area (Å²) in [4.78, 5) is 33.6. The molecule has 0 aromatic heterocycles. The lowest BCUT2D eigenvalue weighted by Gasteiger charge is -2.12. The Hall–Kier alpha value is -1.92. The molecule has 0 unspecified atom stereocenters. The fourth-order valence-corrected chi connectivity index (χ4v) is 1.27. The van der Waals surface area contributed by atoms with Gasteiger partial charge >= 0.3 is 22.3 Å². The predicted molar refractivity (Wildman–Crippen MR) is 52.1 cm³/mol. The van der Waals surface area contributed by atoms with Crippen molar-refractivity contribution >= 4 is 28.3 Å². The van der Waals surface area contributed by atoms with Crippen LogP contribution in [-0.4, -0.2) is 32.4 Å². The molecule has 1 heterocycles. The zero-order valence-electron chi connectivity index (χ0n) is 8.77. The number of hydrogen-bond donors (Lipinski definition) is 2. The molecule has 1 aliphatic heterocycles. The third kappa shape index (κ3) is 4.52. The maximum atomic E-state index is 11.3. The summed E-state index contributed by atoms with van der Waals surface area (Å²) in [6.07, 6.45) is -0.547. The Morgan fingerprint density at radius 2 is 1.83 bits per heavy atom. The monoisotopic (exact) mass is 283 g/mol. The third-order valence-electron chi connectivity index (χ3n) is 1.61. The Bertz CT molecular complexity index is 467. The van der Waals surface area contributed by atoms with E-state index in [9.17, 15) is 18.0 Å². The van der Waals surface area contributed by atoms with Crippen LogP contribution in [0.5, 0.6) is 0 Å². The smallest absolute Gasteiger partial charge is 0.370 e. The molecule has 1 aliphatic rings. The molecule has 1 saturated heterocycles. The van der Waals surface area contributed by atoms with Crippen LogP contribution in [0.1, 0.15) is 12.8 Å². The van der Waals surface area contributed by atoms with E-state index in [-0.39, 0.29) is 12.8 Å². The molecule has 1 fully saturated rings. The molecule has 0 aromatic rings. The lowest BCUT2D eigenvalue weighted by molar-refractivity contribution is -0.248. The summed E-state index contributed by atoms with van der Waals surface area (Å²) in [5.41, 5.74) is 10.1. The number of aliphatic imine (C=N–C) groups is 1. The highest BCUT2D eigenvalue weighted by Crippen LogP contribution is 2.11. The van der Waals surface area contributed by atoms with Gasteiger partial charge in [0, 0.05) is 0 Å². The van der Waals surface area contributed by atoms with Gasteiger partial charge in [-0.05, 0) is 15.1 Å². The van der Waals surface area contributed by atoms with E-state index >= 15 is 0 Å². The van der Waals surface area contributed by atoms with Crippen molar-refractivity contribution in [3.8, 4) is 0 Å². The highest BCUT2D eigenvalue weighted by atomic mass is 32.3. The zero-order chi connectivity index (χ0) is 13.8. The van der Waals surface area contributed by atoms with Gasteiger partial charge in [-0.15, -0.1) is 0 Å². The van der Waals surface area contributed by atoms with Crippen molar-refractivity contribution in [3.63, 3.8) is 0 Å². The van der Waals surface area contributed by atoms with E-state index in [1.54, 1.807) is 0 Å². The SMILES string of the molecule is NC(N)=N[C@H]1CCC(=O)OOS(=O)(=O)OOC1=O. The molecule has 0 saturated carbocycles. The number of nitrogens with two attached hydrogens (primary N) is 2. The van der Waals surface area contributed by atoms with E-state index in [1.165, 1.54) is 0 Å². The standard InChI is InChI=1S/C6H9N3O8S/c7-6(8)9-3-1-2-4(10)14-16-18(12,13)17-15-5(3)11/h3H,1-2H2,(H4,7,8,9)/t3-/m0/s1. The Labute approximate surface area is 101 Å². The summed E-state index contributed by atoms with van der Waals surface area (Å²) in [5, 5.41) is 0. The van der Waals surface area contributed by atoms with Gasteiger partial charge in [-0.1, -0.05) is 0 Å². The van der Waals surface area contributed by atoms with E-state index in [2.05, 4.69) is 23.4 Å². The van der Waals surface area contributed by atoms with Crippen LogP contribution in [0.4, 0.5) is 0 Å². The van der Waals surface area contributed by atoms with Crippen molar-refractivity contribution in [1.82, 2.24) is 0 Å². The first-order valence-corrected chi connectivity index (χ1v) is 5.76. The van der Waals surface area contributed by atoms with E-state index in [1.807, 2.05) is 0 Å². The van der Waals surface area contributed by atoms with Gasteiger partial charge < -0.3 is 11.5 Å². The van der Waals surface area contributed by atoms with Crippen LogP contribution < -0.4 is 11.5 Å². The van der Waals surface area contributed by atoms with Crippen molar-refractivity contribution in [1.29, 1.82) is 0 Å². The van der Waals surface area contributed by atoms with Crippen LogP contribution in [0.3, 0.4) is 0 Å². The molecule has 0 amide bonds. The predicted octanol–water partition coefficient (Wildman–Crippen LogP) is -2.38. The molecule has 11 nitrogen and oxygen atoms in total. The molecule has 0 spiro atoms. The van der Waals surface area contributed by atoms with Crippen LogP contribution in [0.15, 0.2) is 4.99 Å². The van der Waals surface area contributed by atoms with Crippen LogP contribution in [0.25, 0.3) is 0 Å².